The monoisotopic (exact) mass is 513 g/mol. The van der Waals surface area contributed by atoms with Crippen molar-refractivity contribution in [3.63, 3.8) is 0 Å². The number of rotatable bonds is 4. The lowest BCUT2D eigenvalue weighted by Crippen LogP contribution is -2.61. The number of fused-ring (bicyclic) bond motifs is 1. The molecule has 1 aliphatic rings. The summed E-state index contributed by atoms with van der Waals surface area (Å²) in [5, 5.41) is 20.4. The van der Waals surface area contributed by atoms with E-state index in [0.717, 1.165) is 0 Å². The molecule has 10 heteroatoms. The van der Waals surface area contributed by atoms with Gasteiger partial charge >= 0.3 is 0 Å². The predicted octanol–water partition coefficient (Wildman–Crippen LogP) is 3.69. The molecular weight excluding hydrogens is 485 g/mol. The zero-order chi connectivity index (χ0) is 27.2. The Morgan fingerprint density at radius 3 is 2.58 bits per heavy atom. The number of nitrogens with zero attached hydrogens (tertiary/aromatic N) is 7. The number of piperazine rings is 1. The number of benzene rings is 1. The first-order valence-electron chi connectivity index (χ1n) is 12.4. The standard InChI is InChI=1S/C28H28FN7O2/c1-17-14-35(27(37)28(3,4)38)18(2)13-34(17)25-24-21(20-7-5-6-8-22(20)29)15-36(26(24)33-16-32-25)23-11-19(12-30)9-10-31-23/h5-11,15-18,38H,13-14H2,1-4H3/t17-,18+/m0/s1. The molecule has 9 nitrogen and oxygen atoms in total. The Morgan fingerprint density at radius 2 is 1.87 bits per heavy atom. The molecule has 0 unspecified atom stereocenters. The van der Waals surface area contributed by atoms with Gasteiger partial charge in [-0.1, -0.05) is 18.2 Å². The number of amides is 1. The molecule has 194 valence electrons. The summed E-state index contributed by atoms with van der Waals surface area (Å²) in [6.07, 6.45) is 4.78. The topological polar surface area (TPSA) is 111 Å². The van der Waals surface area contributed by atoms with Crippen molar-refractivity contribution in [2.24, 2.45) is 0 Å². The first kappa shape index (κ1) is 25.3. The van der Waals surface area contributed by atoms with Gasteiger partial charge in [0.05, 0.1) is 17.0 Å². The first-order valence-corrected chi connectivity index (χ1v) is 12.4. The Bertz CT molecular complexity index is 1570. The Balaban J connectivity index is 1.69. The van der Waals surface area contributed by atoms with Gasteiger partial charge in [-0.05, 0) is 45.9 Å². The number of nitriles is 1. The van der Waals surface area contributed by atoms with Crippen LogP contribution in [-0.4, -0.2) is 66.2 Å². The molecule has 0 bridgehead atoms. The minimum atomic E-state index is -1.47. The molecule has 4 aromatic rings. The molecule has 0 spiro atoms. The Labute approximate surface area is 219 Å². The Kier molecular flexibility index (Phi) is 6.33. The number of carbonyl (C=O) groups is 1. The van der Waals surface area contributed by atoms with Crippen molar-refractivity contribution in [1.82, 2.24) is 24.4 Å². The van der Waals surface area contributed by atoms with Crippen molar-refractivity contribution in [3.05, 3.63) is 66.5 Å². The van der Waals surface area contributed by atoms with Crippen molar-refractivity contribution in [2.45, 2.75) is 45.4 Å². The highest BCUT2D eigenvalue weighted by atomic mass is 19.1. The van der Waals surface area contributed by atoms with Crippen molar-refractivity contribution in [1.29, 1.82) is 5.26 Å². The minimum Gasteiger partial charge on any atom is -0.381 e. The molecule has 38 heavy (non-hydrogen) atoms. The molecule has 2 atom stereocenters. The van der Waals surface area contributed by atoms with Crippen molar-refractivity contribution in [2.75, 3.05) is 18.0 Å². The largest absolute Gasteiger partial charge is 0.381 e. The number of anilines is 1. The van der Waals surface area contributed by atoms with E-state index >= 15 is 4.39 Å². The Morgan fingerprint density at radius 1 is 1.11 bits per heavy atom. The summed E-state index contributed by atoms with van der Waals surface area (Å²) < 4.78 is 16.8. The van der Waals surface area contributed by atoms with Gasteiger partial charge in [-0.3, -0.25) is 9.36 Å². The molecule has 3 aromatic heterocycles. The van der Waals surface area contributed by atoms with Crippen LogP contribution in [0.2, 0.25) is 0 Å². The van der Waals surface area contributed by atoms with Gasteiger partial charge in [0.15, 0.2) is 5.65 Å². The fraction of sp³-hybridized carbons (Fsp3) is 0.321. The van der Waals surface area contributed by atoms with Crippen LogP contribution in [0.25, 0.3) is 28.0 Å². The van der Waals surface area contributed by atoms with E-state index in [1.165, 1.54) is 26.2 Å². The third-order valence-corrected chi connectivity index (χ3v) is 6.89. The highest BCUT2D eigenvalue weighted by molar-refractivity contribution is 6.02. The lowest BCUT2D eigenvalue weighted by atomic mass is 10.0. The molecule has 5 rings (SSSR count). The van der Waals surface area contributed by atoms with Crippen molar-refractivity contribution >= 4 is 22.8 Å². The average Bonchev–Trinajstić information content (AvgIpc) is 3.29. The Hall–Kier alpha value is -4.36. The molecule has 1 aliphatic heterocycles. The molecule has 1 amide bonds. The quantitative estimate of drug-likeness (QED) is 0.443. The van der Waals surface area contributed by atoms with Gasteiger partial charge in [0.2, 0.25) is 0 Å². The van der Waals surface area contributed by atoms with Crippen LogP contribution in [0.5, 0.6) is 0 Å². The second-order valence-electron chi connectivity index (χ2n) is 10.2. The third-order valence-electron chi connectivity index (χ3n) is 6.89. The maximum Gasteiger partial charge on any atom is 0.254 e. The highest BCUT2D eigenvalue weighted by Gasteiger charge is 2.39. The predicted molar refractivity (Wildman–Crippen MR) is 141 cm³/mol. The van der Waals surface area contributed by atoms with E-state index in [0.29, 0.717) is 52.4 Å². The number of aromatic nitrogens is 4. The smallest absolute Gasteiger partial charge is 0.254 e. The second kappa shape index (κ2) is 9.50. The van der Waals surface area contributed by atoms with Crippen LogP contribution < -0.4 is 4.90 Å². The summed E-state index contributed by atoms with van der Waals surface area (Å²) in [6.45, 7) is 7.75. The number of hydrogen-bond acceptors (Lipinski definition) is 7. The van der Waals surface area contributed by atoms with E-state index in [2.05, 4.69) is 25.9 Å². The molecule has 0 saturated carbocycles. The fourth-order valence-electron chi connectivity index (χ4n) is 5.00. The molecule has 0 aliphatic carbocycles. The van der Waals surface area contributed by atoms with Crippen LogP contribution in [0.1, 0.15) is 33.3 Å². The van der Waals surface area contributed by atoms with E-state index in [4.69, 9.17) is 0 Å². The van der Waals surface area contributed by atoms with E-state index in [-0.39, 0.29) is 23.8 Å². The van der Waals surface area contributed by atoms with Gasteiger partial charge < -0.3 is 14.9 Å². The van der Waals surface area contributed by atoms with Crippen molar-refractivity contribution < 1.29 is 14.3 Å². The fourth-order valence-corrected chi connectivity index (χ4v) is 5.00. The maximum atomic E-state index is 15.1. The number of hydrogen-bond donors (Lipinski definition) is 1. The average molecular weight is 514 g/mol. The SMILES string of the molecule is C[C@@H]1CN(c2ncnc3c2c(-c2ccccc2F)cn3-c2cc(C#N)ccn2)[C@@H](C)CN1C(=O)C(C)(C)O. The van der Waals surface area contributed by atoms with E-state index in [1.807, 2.05) is 13.8 Å². The van der Waals surface area contributed by atoms with Crippen LogP contribution >= 0.6 is 0 Å². The first-order chi connectivity index (χ1) is 18.1. The molecule has 1 saturated heterocycles. The number of aliphatic hydroxyl groups is 1. The molecule has 1 fully saturated rings. The van der Waals surface area contributed by atoms with Gasteiger partial charge in [0, 0.05) is 48.7 Å². The van der Waals surface area contributed by atoms with Crippen LogP contribution in [0.3, 0.4) is 0 Å². The van der Waals surface area contributed by atoms with Gasteiger partial charge in [0.1, 0.15) is 29.4 Å². The number of pyridine rings is 1. The normalized spacial score (nSPS) is 18.0. The van der Waals surface area contributed by atoms with Crippen LogP contribution in [-0.2, 0) is 4.79 Å². The molecule has 0 radical (unpaired) electrons. The second-order valence-corrected chi connectivity index (χ2v) is 10.2. The van der Waals surface area contributed by atoms with E-state index < -0.39 is 5.60 Å². The lowest BCUT2D eigenvalue weighted by Gasteiger charge is -2.46. The highest BCUT2D eigenvalue weighted by Crippen LogP contribution is 2.39. The summed E-state index contributed by atoms with van der Waals surface area (Å²) in [6, 6.07) is 11.6. The minimum absolute atomic E-state index is 0.146. The van der Waals surface area contributed by atoms with Crippen molar-refractivity contribution in [3.8, 4) is 23.0 Å². The van der Waals surface area contributed by atoms with Gasteiger partial charge in [0.25, 0.3) is 5.91 Å². The molecule has 4 heterocycles. The number of halogens is 1. The van der Waals surface area contributed by atoms with E-state index in [9.17, 15) is 15.2 Å². The summed E-state index contributed by atoms with van der Waals surface area (Å²) in [4.78, 5) is 30.3. The van der Waals surface area contributed by atoms with Gasteiger partial charge in [-0.15, -0.1) is 0 Å². The summed E-state index contributed by atoms with van der Waals surface area (Å²) in [7, 11) is 0. The number of carbonyl (C=O) groups excluding carboxylic acids is 1. The van der Waals surface area contributed by atoms with Crippen LogP contribution in [0.4, 0.5) is 10.2 Å². The zero-order valence-corrected chi connectivity index (χ0v) is 21.6. The molecular formula is C28H28FN7O2. The van der Waals surface area contributed by atoms with E-state index in [1.54, 1.807) is 52.2 Å². The third kappa shape index (κ3) is 4.35. The van der Waals surface area contributed by atoms with Gasteiger partial charge in [-0.2, -0.15) is 5.26 Å². The summed E-state index contributed by atoms with van der Waals surface area (Å²) >= 11 is 0. The van der Waals surface area contributed by atoms with Crippen LogP contribution in [0.15, 0.2) is 55.1 Å². The molecule has 1 aromatic carbocycles. The maximum absolute atomic E-state index is 15.1. The van der Waals surface area contributed by atoms with Gasteiger partial charge in [-0.25, -0.2) is 19.3 Å². The summed E-state index contributed by atoms with van der Waals surface area (Å²) in [5.74, 6) is 0.370. The zero-order valence-electron chi connectivity index (χ0n) is 21.6. The van der Waals surface area contributed by atoms with Crippen LogP contribution in [0, 0.1) is 17.1 Å². The lowest BCUT2D eigenvalue weighted by molar-refractivity contribution is -0.151. The molecule has 1 N–H and O–H groups in total. The summed E-state index contributed by atoms with van der Waals surface area (Å²) in [5.41, 5.74) is 0.464.